The van der Waals surface area contributed by atoms with E-state index < -0.39 is 0 Å². The largest absolute Gasteiger partial charge is 0.339 e. The number of hydrogen-bond donors (Lipinski definition) is 0. The minimum Gasteiger partial charge on any atom is -0.339 e. The van der Waals surface area contributed by atoms with Gasteiger partial charge in [-0.2, -0.15) is 9.67 Å². The van der Waals surface area contributed by atoms with Crippen molar-refractivity contribution in [2.45, 2.75) is 61.9 Å². The summed E-state index contributed by atoms with van der Waals surface area (Å²) >= 11 is 1.58. The highest BCUT2D eigenvalue weighted by molar-refractivity contribution is 7.98. The van der Waals surface area contributed by atoms with Gasteiger partial charge in [0, 0.05) is 18.2 Å². The number of para-hydroxylation sites is 1. The molecule has 2 aromatic rings. The molecule has 31 heavy (non-hydrogen) atoms. The molecular formula is C22H22N6O2S. The van der Waals surface area contributed by atoms with Crippen LogP contribution >= 0.6 is 11.8 Å². The molecule has 0 spiro atoms. The van der Waals surface area contributed by atoms with Crippen LogP contribution in [0.1, 0.15) is 55.4 Å². The summed E-state index contributed by atoms with van der Waals surface area (Å²) in [4.78, 5) is 22.6. The standard InChI is InChI=1S/C22H22N6O2S/c29-21-18-16-9-5-2-6-12-27(16)22(31-13-17-23-20(30-26-17)14-10-11-14)24-19(18)25-28(21)15-7-3-1-4-8-15/h1,3-4,7-8,14H,2,5-6,9-13H2. The number of hydrogen-bond acceptors (Lipinski definition) is 7. The molecule has 1 aromatic carbocycles. The second-order valence-electron chi connectivity index (χ2n) is 8.17. The van der Waals surface area contributed by atoms with E-state index >= 15 is 0 Å². The van der Waals surface area contributed by atoms with Crippen molar-refractivity contribution in [3.05, 3.63) is 58.1 Å². The van der Waals surface area contributed by atoms with Gasteiger partial charge < -0.3 is 9.09 Å². The SMILES string of the molecule is O=c1c2c3n(c(SCc4noc(C5CC5)n4)nc-2nn1-c1ccccc1)CCCCC3. The minimum atomic E-state index is -0.0943. The Hall–Kier alpha value is -2.94. The van der Waals surface area contributed by atoms with Crippen molar-refractivity contribution in [3.63, 3.8) is 0 Å². The van der Waals surface area contributed by atoms with Crippen LogP contribution in [0.5, 0.6) is 0 Å². The minimum absolute atomic E-state index is 0.0943. The highest BCUT2D eigenvalue weighted by Crippen LogP contribution is 2.39. The lowest BCUT2D eigenvalue weighted by Gasteiger charge is -2.17. The Labute approximate surface area is 183 Å². The number of aromatic nitrogens is 6. The molecule has 6 rings (SSSR count). The molecule has 4 aliphatic rings. The molecule has 1 aliphatic carbocycles. The summed E-state index contributed by atoms with van der Waals surface area (Å²) in [5, 5.41) is 9.58. The summed E-state index contributed by atoms with van der Waals surface area (Å²) < 4.78 is 9.07. The molecule has 1 fully saturated rings. The van der Waals surface area contributed by atoms with Gasteiger partial charge in [0.25, 0.3) is 5.56 Å². The first kappa shape index (κ1) is 18.8. The fraction of sp³-hybridized carbons (Fsp3) is 0.409. The highest BCUT2D eigenvalue weighted by atomic mass is 32.2. The molecule has 9 heteroatoms. The zero-order valence-corrected chi connectivity index (χ0v) is 17.8. The van der Waals surface area contributed by atoms with Crippen LogP contribution in [-0.2, 0) is 18.7 Å². The van der Waals surface area contributed by atoms with Crippen LogP contribution in [0.2, 0.25) is 0 Å². The van der Waals surface area contributed by atoms with Crippen molar-refractivity contribution in [1.82, 2.24) is 29.5 Å². The number of rotatable bonds is 5. The van der Waals surface area contributed by atoms with Crippen molar-refractivity contribution >= 4 is 11.8 Å². The summed E-state index contributed by atoms with van der Waals surface area (Å²) in [5.74, 6) is 2.98. The first-order chi connectivity index (χ1) is 15.3. The summed E-state index contributed by atoms with van der Waals surface area (Å²) in [6.07, 6.45) is 6.42. The van der Waals surface area contributed by atoms with E-state index in [9.17, 15) is 4.79 Å². The maximum atomic E-state index is 13.3. The van der Waals surface area contributed by atoms with Gasteiger partial charge in [0.2, 0.25) is 5.89 Å². The fourth-order valence-electron chi connectivity index (χ4n) is 4.16. The van der Waals surface area contributed by atoms with Crippen LogP contribution in [0.25, 0.3) is 17.1 Å². The lowest BCUT2D eigenvalue weighted by atomic mass is 10.1. The average Bonchev–Trinajstić information content (AvgIpc) is 3.51. The molecule has 158 valence electrons. The van der Waals surface area contributed by atoms with E-state index in [1.165, 1.54) is 4.68 Å². The molecular weight excluding hydrogens is 412 g/mol. The summed E-state index contributed by atoms with van der Waals surface area (Å²) in [6, 6.07) is 9.53. The monoisotopic (exact) mass is 434 g/mol. The van der Waals surface area contributed by atoms with Gasteiger partial charge in [-0.1, -0.05) is 41.5 Å². The van der Waals surface area contributed by atoms with Gasteiger partial charge in [-0.25, -0.2) is 4.98 Å². The second-order valence-corrected chi connectivity index (χ2v) is 9.11. The van der Waals surface area contributed by atoms with Gasteiger partial charge in [0.05, 0.1) is 11.4 Å². The Morgan fingerprint density at radius 2 is 1.97 bits per heavy atom. The Balaban J connectivity index is 1.41. The van der Waals surface area contributed by atoms with Crippen molar-refractivity contribution in [3.8, 4) is 17.1 Å². The van der Waals surface area contributed by atoms with E-state index in [0.717, 1.165) is 67.5 Å². The summed E-state index contributed by atoms with van der Waals surface area (Å²) in [5.41, 5.74) is 2.35. The topological polar surface area (TPSA) is 91.6 Å². The molecule has 0 unspecified atom stereocenters. The van der Waals surface area contributed by atoms with E-state index in [1.54, 1.807) is 11.8 Å². The van der Waals surface area contributed by atoms with Crippen LogP contribution in [0.15, 0.2) is 44.8 Å². The Bertz CT molecular complexity index is 1260. The van der Waals surface area contributed by atoms with Crippen molar-refractivity contribution in [2.24, 2.45) is 0 Å². The van der Waals surface area contributed by atoms with Gasteiger partial charge in [0.1, 0.15) is 5.56 Å². The third-order valence-corrected chi connectivity index (χ3v) is 6.88. The lowest BCUT2D eigenvalue weighted by molar-refractivity contribution is 0.375. The molecule has 0 atom stereocenters. The quantitative estimate of drug-likeness (QED) is 0.348. The second kappa shape index (κ2) is 7.64. The third kappa shape index (κ3) is 3.46. The van der Waals surface area contributed by atoms with Crippen LogP contribution in [-0.4, -0.2) is 29.5 Å². The molecule has 0 N–H and O–H groups in total. The zero-order valence-electron chi connectivity index (χ0n) is 17.0. The highest BCUT2D eigenvalue weighted by Gasteiger charge is 2.30. The predicted molar refractivity (Wildman–Crippen MR) is 116 cm³/mol. The van der Waals surface area contributed by atoms with Crippen molar-refractivity contribution in [1.29, 1.82) is 0 Å². The third-order valence-electron chi connectivity index (χ3n) is 5.91. The van der Waals surface area contributed by atoms with Crippen LogP contribution in [0.3, 0.4) is 0 Å². The lowest BCUT2D eigenvalue weighted by Crippen LogP contribution is -2.19. The Morgan fingerprint density at radius 3 is 2.81 bits per heavy atom. The molecule has 3 aliphatic heterocycles. The van der Waals surface area contributed by atoms with Gasteiger partial charge in [0.15, 0.2) is 16.8 Å². The number of thioether (sulfide) groups is 1. The molecule has 0 radical (unpaired) electrons. The van der Waals surface area contributed by atoms with Gasteiger partial charge >= 0.3 is 0 Å². The van der Waals surface area contributed by atoms with Crippen LogP contribution in [0, 0.1) is 0 Å². The van der Waals surface area contributed by atoms with Crippen LogP contribution < -0.4 is 5.56 Å². The molecule has 0 amide bonds. The van der Waals surface area contributed by atoms with Crippen molar-refractivity contribution < 1.29 is 4.52 Å². The van der Waals surface area contributed by atoms with Crippen molar-refractivity contribution in [2.75, 3.05) is 0 Å². The average molecular weight is 435 g/mol. The predicted octanol–water partition coefficient (Wildman–Crippen LogP) is 3.81. The molecule has 4 heterocycles. The smallest absolute Gasteiger partial charge is 0.284 e. The van der Waals surface area contributed by atoms with E-state index in [0.29, 0.717) is 28.9 Å². The van der Waals surface area contributed by atoms with E-state index in [2.05, 4.69) is 19.8 Å². The fourth-order valence-corrected chi connectivity index (χ4v) is 5.04. The molecule has 0 saturated heterocycles. The summed E-state index contributed by atoms with van der Waals surface area (Å²) in [7, 11) is 0. The maximum absolute atomic E-state index is 13.3. The first-order valence-electron chi connectivity index (χ1n) is 10.8. The maximum Gasteiger partial charge on any atom is 0.284 e. The van der Waals surface area contributed by atoms with Gasteiger partial charge in [-0.05, 0) is 44.2 Å². The van der Waals surface area contributed by atoms with Gasteiger partial charge in [-0.3, -0.25) is 4.79 Å². The number of nitrogens with zero attached hydrogens (tertiary/aromatic N) is 6. The first-order valence-corrected chi connectivity index (χ1v) is 11.8. The zero-order chi connectivity index (χ0) is 20.8. The summed E-state index contributed by atoms with van der Waals surface area (Å²) in [6.45, 7) is 0.857. The number of fused-ring (bicyclic) bond motifs is 3. The Kier molecular flexibility index (Phi) is 4.63. The molecule has 1 saturated carbocycles. The van der Waals surface area contributed by atoms with Gasteiger partial charge in [-0.15, -0.1) is 5.10 Å². The normalized spacial score (nSPS) is 16.4. The molecule has 1 aromatic heterocycles. The Morgan fingerprint density at radius 1 is 1.10 bits per heavy atom. The van der Waals surface area contributed by atoms with E-state index in [1.807, 2.05) is 30.3 Å². The van der Waals surface area contributed by atoms with E-state index in [-0.39, 0.29) is 5.56 Å². The van der Waals surface area contributed by atoms with Crippen LogP contribution in [0.4, 0.5) is 0 Å². The van der Waals surface area contributed by atoms with E-state index in [4.69, 9.17) is 9.51 Å². The number of benzene rings is 1. The molecule has 8 nitrogen and oxygen atoms in total. The molecule has 0 bridgehead atoms.